The van der Waals surface area contributed by atoms with Crippen LogP contribution in [0.2, 0.25) is 0 Å². The van der Waals surface area contributed by atoms with Gasteiger partial charge in [-0.2, -0.15) is 13.2 Å². The molecule has 0 amide bonds. The van der Waals surface area contributed by atoms with E-state index >= 15 is 0 Å². The summed E-state index contributed by atoms with van der Waals surface area (Å²) >= 11 is 0. The molecule has 4 aromatic rings. The van der Waals surface area contributed by atoms with Crippen molar-refractivity contribution in [3.05, 3.63) is 94.8 Å². The summed E-state index contributed by atoms with van der Waals surface area (Å²) in [5.74, 6) is 1.41. The summed E-state index contributed by atoms with van der Waals surface area (Å²) < 4.78 is 41.3. The van der Waals surface area contributed by atoms with Crippen LogP contribution < -0.4 is 4.90 Å². The van der Waals surface area contributed by atoms with Gasteiger partial charge in [-0.1, -0.05) is 42.5 Å². The SMILES string of the molecule is Cc1c(C)n(Cc2ccc(C(F)(F)F)cc2)c2c(N3CCCC(c4ccccc4)C3)nccc12.Cl. The smallest absolute Gasteiger partial charge is 0.354 e. The molecule has 0 radical (unpaired) electrons. The van der Waals surface area contributed by atoms with Crippen LogP contribution in [0, 0.1) is 13.8 Å². The predicted molar refractivity (Wildman–Crippen MR) is 138 cm³/mol. The molecule has 184 valence electrons. The summed E-state index contributed by atoms with van der Waals surface area (Å²) in [6.07, 6.45) is -0.207. The van der Waals surface area contributed by atoms with Crippen molar-refractivity contribution in [2.45, 2.75) is 45.3 Å². The summed E-state index contributed by atoms with van der Waals surface area (Å²) in [6.45, 7) is 6.53. The number of aromatic nitrogens is 2. The lowest BCUT2D eigenvalue weighted by Gasteiger charge is -2.34. The van der Waals surface area contributed by atoms with Crippen molar-refractivity contribution >= 4 is 29.1 Å². The largest absolute Gasteiger partial charge is 0.416 e. The maximum atomic E-state index is 13.0. The number of aryl methyl sites for hydroxylation is 1. The van der Waals surface area contributed by atoms with E-state index in [9.17, 15) is 13.2 Å². The number of pyridine rings is 1. The van der Waals surface area contributed by atoms with Crippen LogP contribution in [0.5, 0.6) is 0 Å². The van der Waals surface area contributed by atoms with Crippen LogP contribution in [0.25, 0.3) is 10.9 Å². The van der Waals surface area contributed by atoms with Gasteiger partial charge in [-0.3, -0.25) is 0 Å². The molecule has 5 rings (SSSR count). The molecular formula is C28H29ClF3N3. The van der Waals surface area contributed by atoms with E-state index in [1.165, 1.54) is 11.1 Å². The van der Waals surface area contributed by atoms with Gasteiger partial charge in [0.25, 0.3) is 0 Å². The molecule has 2 aromatic carbocycles. The van der Waals surface area contributed by atoms with Crippen molar-refractivity contribution in [3.63, 3.8) is 0 Å². The second-order valence-electron chi connectivity index (χ2n) is 9.22. The Bertz CT molecular complexity index is 1300. The Kier molecular flexibility index (Phi) is 7.13. The van der Waals surface area contributed by atoms with E-state index in [1.54, 1.807) is 12.1 Å². The first-order valence-electron chi connectivity index (χ1n) is 11.7. The van der Waals surface area contributed by atoms with Gasteiger partial charge in [0.2, 0.25) is 0 Å². The van der Waals surface area contributed by atoms with Crippen molar-refractivity contribution < 1.29 is 13.2 Å². The maximum Gasteiger partial charge on any atom is 0.416 e. The molecule has 0 aliphatic carbocycles. The van der Waals surface area contributed by atoms with Crippen molar-refractivity contribution in [2.24, 2.45) is 0 Å². The van der Waals surface area contributed by atoms with Gasteiger partial charge in [-0.15, -0.1) is 12.4 Å². The van der Waals surface area contributed by atoms with E-state index in [4.69, 9.17) is 4.98 Å². The van der Waals surface area contributed by atoms with Gasteiger partial charge < -0.3 is 9.47 Å². The molecule has 1 fully saturated rings. The number of piperidine rings is 1. The van der Waals surface area contributed by atoms with E-state index in [0.717, 1.165) is 66.0 Å². The third-order valence-corrected chi connectivity index (χ3v) is 7.14. The number of fused-ring (bicyclic) bond motifs is 1. The molecule has 7 heteroatoms. The van der Waals surface area contributed by atoms with Gasteiger partial charge in [0.1, 0.15) is 0 Å². The van der Waals surface area contributed by atoms with Gasteiger partial charge >= 0.3 is 6.18 Å². The molecule has 3 heterocycles. The number of nitrogens with zero attached hydrogens (tertiary/aromatic N) is 3. The molecule has 0 spiro atoms. The highest BCUT2D eigenvalue weighted by atomic mass is 35.5. The summed E-state index contributed by atoms with van der Waals surface area (Å²) in [7, 11) is 0. The Morgan fingerprint density at radius 3 is 2.37 bits per heavy atom. The van der Waals surface area contributed by atoms with Gasteiger partial charge in [-0.25, -0.2) is 4.98 Å². The van der Waals surface area contributed by atoms with Crippen molar-refractivity contribution in [2.75, 3.05) is 18.0 Å². The van der Waals surface area contributed by atoms with Crippen molar-refractivity contribution in [3.8, 4) is 0 Å². The molecule has 1 unspecified atom stereocenters. The minimum Gasteiger partial charge on any atom is -0.354 e. The van der Waals surface area contributed by atoms with Gasteiger partial charge in [0.05, 0.1) is 11.1 Å². The fourth-order valence-electron chi connectivity index (χ4n) is 5.15. The van der Waals surface area contributed by atoms with E-state index in [-0.39, 0.29) is 12.4 Å². The van der Waals surface area contributed by atoms with Crippen LogP contribution in [-0.2, 0) is 12.7 Å². The lowest BCUT2D eigenvalue weighted by Crippen LogP contribution is -2.35. The number of alkyl halides is 3. The Labute approximate surface area is 210 Å². The summed E-state index contributed by atoms with van der Waals surface area (Å²) in [5, 5.41) is 1.15. The molecule has 1 saturated heterocycles. The van der Waals surface area contributed by atoms with Crippen LogP contribution in [0.4, 0.5) is 19.0 Å². The number of halogens is 4. The van der Waals surface area contributed by atoms with Gasteiger partial charge in [-0.05, 0) is 61.6 Å². The van der Waals surface area contributed by atoms with Gasteiger partial charge in [0, 0.05) is 42.8 Å². The first-order chi connectivity index (χ1) is 16.3. The van der Waals surface area contributed by atoms with Crippen molar-refractivity contribution in [1.29, 1.82) is 0 Å². The zero-order valence-corrected chi connectivity index (χ0v) is 20.7. The van der Waals surface area contributed by atoms with E-state index in [2.05, 4.69) is 47.6 Å². The Morgan fingerprint density at radius 1 is 0.971 bits per heavy atom. The average molecular weight is 500 g/mol. The number of rotatable bonds is 4. The van der Waals surface area contributed by atoms with Crippen LogP contribution in [0.15, 0.2) is 66.9 Å². The molecule has 1 atom stereocenters. The highest BCUT2D eigenvalue weighted by molar-refractivity contribution is 5.93. The fraction of sp³-hybridized carbons (Fsp3) is 0.321. The average Bonchev–Trinajstić information content (AvgIpc) is 3.09. The van der Waals surface area contributed by atoms with Crippen molar-refractivity contribution in [1.82, 2.24) is 9.55 Å². The number of hydrogen-bond donors (Lipinski definition) is 0. The van der Waals surface area contributed by atoms with E-state index < -0.39 is 11.7 Å². The van der Waals surface area contributed by atoms with Crippen LogP contribution >= 0.6 is 12.4 Å². The molecule has 0 saturated carbocycles. The van der Waals surface area contributed by atoms with Crippen LogP contribution in [0.3, 0.4) is 0 Å². The number of hydrogen-bond acceptors (Lipinski definition) is 2. The molecule has 1 aliphatic heterocycles. The lowest BCUT2D eigenvalue weighted by atomic mass is 9.90. The topological polar surface area (TPSA) is 21.1 Å². The molecule has 0 bridgehead atoms. The second-order valence-corrected chi connectivity index (χ2v) is 9.22. The van der Waals surface area contributed by atoms with Crippen LogP contribution in [0.1, 0.15) is 46.7 Å². The summed E-state index contributed by atoms with van der Waals surface area (Å²) in [4.78, 5) is 7.20. The molecule has 1 aliphatic rings. The zero-order valence-electron chi connectivity index (χ0n) is 19.8. The number of anilines is 1. The third-order valence-electron chi connectivity index (χ3n) is 7.14. The molecule has 0 N–H and O–H groups in total. The van der Waals surface area contributed by atoms with Crippen LogP contribution in [-0.4, -0.2) is 22.6 Å². The molecule has 35 heavy (non-hydrogen) atoms. The lowest BCUT2D eigenvalue weighted by molar-refractivity contribution is -0.137. The maximum absolute atomic E-state index is 13.0. The second kappa shape index (κ2) is 9.94. The third kappa shape index (κ3) is 4.90. The Hall–Kier alpha value is -2.99. The molecular weight excluding hydrogens is 471 g/mol. The van der Waals surface area contributed by atoms with Gasteiger partial charge in [0.15, 0.2) is 5.82 Å². The first-order valence-corrected chi connectivity index (χ1v) is 11.7. The fourth-order valence-corrected chi connectivity index (χ4v) is 5.15. The number of benzene rings is 2. The minimum atomic E-state index is -4.33. The normalized spacial score (nSPS) is 16.4. The first kappa shape index (κ1) is 25.1. The molecule has 2 aromatic heterocycles. The minimum absolute atomic E-state index is 0. The zero-order chi connectivity index (χ0) is 23.9. The Balaban J connectivity index is 0.00000289. The van der Waals surface area contributed by atoms with E-state index in [1.807, 2.05) is 18.3 Å². The predicted octanol–water partition coefficient (Wildman–Crippen LogP) is 7.53. The highest BCUT2D eigenvalue weighted by Crippen LogP contribution is 2.36. The molecule has 3 nitrogen and oxygen atoms in total. The summed E-state index contributed by atoms with van der Waals surface area (Å²) in [6, 6.07) is 18.2. The quantitative estimate of drug-likeness (QED) is 0.289. The van der Waals surface area contributed by atoms with E-state index in [0.29, 0.717) is 12.5 Å². The summed E-state index contributed by atoms with van der Waals surface area (Å²) in [5.41, 5.74) is 4.92. The standard InChI is InChI=1S/C28H28F3N3.ClH/c1-19-20(2)34(17-21-10-12-24(13-11-21)28(29,30)31)26-25(19)14-15-32-27(26)33-16-6-9-23(18-33)22-7-4-3-5-8-22;/h3-5,7-8,10-15,23H,6,9,16-18H2,1-2H3;1H. The Morgan fingerprint density at radius 2 is 1.69 bits per heavy atom. The highest BCUT2D eigenvalue weighted by Gasteiger charge is 2.30. The monoisotopic (exact) mass is 499 g/mol.